The molecule has 0 saturated carbocycles. The Labute approximate surface area is 250 Å². The molecule has 0 spiro atoms. The zero-order chi connectivity index (χ0) is 30.1. The summed E-state index contributed by atoms with van der Waals surface area (Å²) in [6.07, 6.45) is 0. The van der Waals surface area contributed by atoms with Crippen molar-refractivity contribution in [3.8, 4) is 17.2 Å². The van der Waals surface area contributed by atoms with Crippen molar-refractivity contribution in [2.24, 2.45) is 0 Å². The summed E-state index contributed by atoms with van der Waals surface area (Å²) in [5.74, 6) is -1.10. The van der Waals surface area contributed by atoms with E-state index >= 15 is 0 Å². The molecule has 3 aromatic rings. The van der Waals surface area contributed by atoms with Gasteiger partial charge in [-0.25, -0.2) is 0 Å². The number of Topliss-reactive ketones (excluding diaryl/α,β-unsaturated/α-hetero) is 1. The number of amides is 1. The minimum Gasteiger partial charge on any atom is -0.507 e. The van der Waals surface area contributed by atoms with E-state index in [4.69, 9.17) is 37.4 Å². The molecule has 0 bridgehead atoms. The smallest absolute Gasteiger partial charge is 0.295 e. The first-order valence-electron chi connectivity index (χ1n) is 13.1. The van der Waals surface area contributed by atoms with Crippen LogP contribution in [0.25, 0.3) is 5.76 Å². The standard InChI is InChI=1S/C32H33Cl2NO6/c1-7-41-21-14-8-18(9-15-21)17-35-26(19-10-12-20(13-11-19)32(2,3)4)24(28(37)31(35)38)27(36)22-16-23(33)30(40-6)25(34)29(22)39-5/h8-16,26,36H,7,17H2,1-6H3/b27-24+. The maximum absolute atomic E-state index is 13.6. The zero-order valence-electron chi connectivity index (χ0n) is 23.9. The van der Waals surface area contributed by atoms with Gasteiger partial charge in [-0.05, 0) is 47.2 Å². The predicted molar refractivity (Wildman–Crippen MR) is 160 cm³/mol. The number of likely N-dealkylation sites (tertiary alicyclic amines) is 1. The average molecular weight is 599 g/mol. The molecule has 1 heterocycles. The summed E-state index contributed by atoms with van der Waals surface area (Å²) in [5, 5.41) is 11.8. The Balaban J connectivity index is 1.90. The van der Waals surface area contributed by atoms with Crippen molar-refractivity contribution in [1.29, 1.82) is 0 Å². The van der Waals surface area contributed by atoms with Gasteiger partial charge < -0.3 is 24.2 Å². The van der Waals surface area contributed by atoms with Crippen molar-refractivity contribution in [3.63, 3.8) is 0 Å². The van der Waals surface area contributed by atoms with Crippen LogP contribution in [0.4, 0.5) is 0 Å². The molecular formula is C32H33Cl2NO6. The highest BCUT2D eigenvalue weighted by atomic mass is 35.5. The van der Waals surface area contributed by atoms with Crippen LogP contribution in [0.5, 0.6) is 17.2 Å². The number of hydrogen-bond donors (Lipinski definition) is 1. The third-order valence-corrected chi connectivity index (χ3v) is 7.64. The van der Waals surface area contributed by atoms with Gasteiger partial charge in [0.2, 0.25) is 0 Å². The predicted octanol–water partition coefficient (Wildman–Crippen LogP) is 7.33. The van der Waals surface area contributed by atoms with Crippen molar-refractivity contribution in [2.75, 3.05) is 20.8 Å². The fourth-order valence-corrected chi connectivity index (χ4v) is 5.59. The van der Waals surface area contributed by atoms with Crippen LogP contribution < -0.4 is 14.2 Å². The second kappa shape index (κ2) is 12.0. The van der Waals surface area contributed by atoms with Gasteiger partial charge >= 0.3 is 0 Å². The van der Waals surface area contributed by atoms with E-state index in [0.29, 0.717) is 17.9 Å². The van der Waals surface area contributed by atoms with Gasteiger partial charge in [-0.3, -0.25) is 9.59 Å². The average Bonchev–Trinajstić information content (AvgIpc) is 3.18. The normalized spacial score (nSPS) is 16.7. The molecular weight excluding hydrogens is 565 g/mol. The molecule has 0 aromatic heterocycles. The lowest BCUT2D eigenvalue weighted by Gasteiger charge is -2.27. The summed E-state index contributed by atoms with van der Waals surface area (Å²) in [5.41, 5.74) is 2.40. The Morgan fingerprint density at radius 2 is 1.56 bits per heavy atom. The third-order valence-electron chi connectivity index (χ3n) is 7.01. The molecule has 1 aliphatic rings. The van der Waals surface area contributed by atoms with Crippen molar-refractivity contribution in [1.82, 2.24) is 4.90 Å². The van der Waals surface area contributed by atoms with Gasteiger partial charge in [0.1, 0.15) is 16.5 Å². The van der Waals surface area contributed by atoms with E-state index in [2.05, 4.69) is 20.8 Å². The summed E-state index contributed by atoms with van der Waals surface area (Å²) in [7, 11) is 2.78. The molecule has 216 valence electrons. The summed E-state index contributed by atoms with van der Waals surface area (Å²) in [6.45, 7) is 8.86. The van der Waals surface area contributed by atoms with Crippen molar-refractivity contribution in [3.05, 3.63) is 92.5 Å². The summed E-state index contributed by atoms with van der Waals surface area (Å²) >= 11 is 12.9. The van der Waals surface area contributed by atoms with E-state index in [1.165, 1.54) is 25.2 Å². The number of carbonyl (C=O) groups is 2. The molecule has 0 radical (unpaired) electrons. The second-order valence-electron chi connectivity index (χ2n) is 10.7. The molecule has 9 heteroatoms. The fraction of sp³-hybridized carbons (Fsp3) is 0.312. The van der Waals surface area contributed by atoms with Gasteiger partial charge in [0.05, 0.1) is 43.0 Å². The van der Waals surface area contributed by atoms with Crippen LogP contribution in [0.1, 0.15) is 56.0 Å². The lowest BCUT2D eigenvalue weighted by Crippen LogP contribution is -2.29. The molecule has 4 rings (SSSR count). The number of methoxy groups -OCH3 is 2. The van der Waals surface area contributed by atoms with Crippen molar-refractivity contribution >= 4 is 40.7 Å². The Bertz CT molecular complexity index is 1490. The third kappa shape index (κ3) is 5.88. The van der Waals surface area contributed by atoms with Gasteiger partial charge in [-0.2, -0.15) is 0 Å². The highest BCUT2D eigenvalue weighted by Gasteiger charge is 2.46. The van der Waals surface area contributed by atoms with Crippen LogP contribution in [0.15, 0.2) is 60.2 Å². The number of carbonyl (C=O) groups excluding carboxylic acids is 2. The van der Waals surface area contributed by atoms with Crippen LogP contribution in [-0.4, -0.2) is 42.5 Å². The van der Waals surface area contributed by atoms with Gasteiger partial charge in [-0.1, -0.05) is 80.4 Å². The molecule has 1 atom stereocenters. The Morgan fingerprint density at radius 1 is 0.951 bits per heavy atom. The fourth-order valence-electron chi connectivity index (χ4n) is 4.90. The van der Waals surface area contributed by atoms with E-state index in [0.717, 1.165) is 11.1 Å². The Morgan fingerprint density at radius 3 is 2.10 bits per heavy atom. The number of halogens is 2. The highest BCUT2D eigenvalue weighted by molar-refractivity contribution is 6.47. The monoisotopic (exact) mass is 597 g/mol. The minimum atomic E-state index is -0.889. The highest BCUT2D eigenvalue weighted by Crippen LogP contribution is 2.47. The molecule has 1 aliphatic heterocycles. The summed E-state index contributed by atoms with van der Waals surface area (Å²) < 4.78 is 16.3. The number of benzene rings is 3. The molecule has 1 saturated heterocycles. The van der Waals surface area contributed by atoms with Crippen LogP contribution in [0.2, 0.25) is 10.0 Å². The molecule has 1 N–H and O–H groups in total. The number of ether oxygens (including phenoxy) is 3. The molecule has 3 aromatic carbocycles. The van der Waals surface area contributed by atoms with E-state index in [-0.39, 0.29) is 44.6 Å². The second-order valence-corrected chi connectivity index (χ2v) is 11.4. The summed E-state index contributed by atoms with van der Waals surface area (Å²) in [6, 6.07) is 15.5. The molecule has 0 aliphatic carbocycles. The SMILES string of the molecule is CCOc1ccc(CN2C(=O)C(=O)/C(=C(/O)c3cc(Cl)c(OC)c(Cl)c3OC)C2c2ccc(C(C)(C)C)cc2)cc1. The van der Waals surface area contributed by atoms with E-state index < -0.39 is 23.5 Å². The van der Waals surface area contributed by atoms with Gasteiger partial charge in [0.15, 0.2) is 11.5 Å². The lowest BCUT2D eigenvalue weighted by atomic mass is 9.85. The first kappa shape index (κ1) is 30.3. The maximum atomic E-state index is 13.6. The quantitative estimate of drug-likeness (QED) is 0.166. The van der Waals surface area contributed by atoms with Crippen LogP contribution in [0.3, 0.4) is 0 Å². The molecule has 41 heavy (non-hydrogen) atoms. The number of aliphatic hydroxyl groups is 1. The van der Waals surface area contributed by atoms with Gasteiger partial charge in [0, 0.05) is 6.54 Å². The molecule has 1 amide bonds. The van der Waals surface area contributed by atoms with Crippen LogP contribution in [-0.2, 0) is 21.5 Å². The maximum Gasteiger partial charge on any atom is 0.295 e. The first-order valence-corrected chi connectivity index (χ1v) is 13.9. The Kier molecular flexibility index (Phi) is 8.90. The van der Waals surface area contributed by atoms with E-state index in [1.54, 1.807) is 0 Å². The van der Waals surface area contributed by atoms with Gasteiger partial charge in [0.25, 0.3) is 11.7 Å². The molecule has 1 fully saturated rings. The lowest BCUT2D eigenvalue weighted by molar-refractivity contribution is -0.140. The van der Waals surface area contributed by atoms with E-state index in [1.807, 2.05) is 55.5 Å². The number of hydrogen-bond acceptors (Lipinski definition) is 6. The topological polar surface area (TPSA) is 85.3 Å². The largest absolute Gasteiger partial charge is 0.507 e. The minimum absolute atomic E-state index is 0.0266. The van der Waals surface area contributed by atoms with Crippen LogP contribution in [0, 0.1) is 0 Å². The number of aliphatic hydroxyl groups excluding tert-OH is 1. The number of rotatable bonds is 8. The zero-order valence-corrected chi connectivity index (χ0v) is 25.4. The Hall–Kier alpha value is -3.68. The first-order chi connectivity index (χ1) is 19.4. The molecule has 1 unspecified atom stereocenters. The van der Waals surface area contributed by atoms with Crippen molar-refractivity contribution in [2.45, 2.75) is 45.7 Å². The summed E-state index contributed by atoms with van der Waals surface area (Å²) in [4.78, 5) is 28.6. The van der Waals surface area contributed by atoms with Crippen LogP contribution >= 0.6 is 23.2 Å². The van der Waals surface area contributed by atoms with Crippen molar-refractivity contribution < 1.29 is 28.9 Å². The molecule has 7 nitrogen and oxygen atoms in total. The van der Waals surface area contributed by atoms with E-state index in [9.17, 15) is 14.7 Å². The van der Waals surface area contributed by atoms with Gasteiger partial charge in [-0.15, -0.1) is 0 Å². The number of nitrogens with zero attached hydrogens (tertiary/aromatic N) is 1. The number of ketones is 1.